The molecule has 0 amide bonds. The van der Waals surface area contributed by atoms with Crippen LogP contribution in [0.4, 0.5) is 5.69 Å². The van der Waals surface area contributed by atoms with Crippen LogP contribution in [0.5, 0.6) is 5.75 Å². The van der Waals surface area contributed by atoms with E-state index in [1.54, 1.807) is 0 Å². The van der Waals surface area contributed by atoms with Gasteiger partial charge in [-0.25, -0.2) is 4.79 Å². The molecule has 0 aliphatic heterocycles. The van der Waals surface area contributed by atoms with Crippen molar-refractivity contribution in [3.63, 3.8) is 0 Å². The highest BCUT2D eigenvalue weighted by atomic mass is 16.6. The number of hydrogen-bond acceptors (Lipinski definition) is 4. The first-order valence-corrected chi connectivity index (χ1v) is 5.72. The van der Waals surface area contributed by atoms with Crippen molar-refractivity contribution in [3.8, 4) is 5.75 Å². The summed E-state index contributed by atoms with van der Waals surface area (Å²) < 4.78 is 5.38. The number of non-ortho nitro benzene ring substituents is 1. The van der Waals surface area contributed by atoms with Gasteiger partial charge in [0.1, 0.15) is 11.3 Å². The number of nitro groups is 1. The Morgan fingerprint density at radius 2 is 2.22 bits per heavy atom. The summed E-state index contributed by atoms with van der Waals surface area (Å²) in [6.07, 6.45) is 3.31. The lowest BCUT2D eigenvalue weighted by Crippen LogP contribution is -2.05. The summed E-state index contributed by atoms with van der Waals surface area (Å²) in [5, 5.41) is 19.6. The van der Waals surface area contributed by atoms with E-state index >= 15 is 0 Å². The van der Waals surface area contributed by atoms with E-state index in [0.29, 0.717) is 12.5 Å². The van der Waals surface area contributed by atoms with Crippen molar-refractivity contribution < 1.29 is 19.6 Å². The van der Waals surface area contributed by atoms with Gasteiger partial charge in [0, 0.05) is 12.1 Å². The van der Waals surface area contributed by atoms with Gasteiger partial charge < -0.3 is 9.84 Å². The van der Waals surface area contributed by atoms with Crippen LogP contribution in [0.3, 0.4) is 0 Å². The summed E-state index contributed by atoms with van der Waals surface area (Å²) in [7, 11) is 0. The third kappa shape index (κ3) is 2.97. The molecule has 1 N–H and O–H groups in total. The van der Waals surface area contributed by atoms with Gasteiger partial charge in [-0.1, -0.05) is 12.8 Å². The van der Waals surface area contributed by atoms with Crippen molar-refractivity contribution in [2.24, 2.45) is 5.92 Å². The highest BCUT2D eigenvalue weighted by Gasteiger charge is 2.22. The number of ether oxygens (including phenoxy) is 1. The maximum atomic E-state index is 11.0. The molecule has 0 heterocycles. The summed E-state index contributed by atoms with van der Waals surface area (Å²) in [5.74, 6) is -0.342. The number of carboxylic acid groups (broad SMARTS) is 1. The third-order valence-electron chi connectivity index (χ3n) is 2.88. The summed E-state index contributed by atoms with van der Waals surface area (Å²) in [5.41, 5.74) is -0.415. The quantitative estimate of drug-likeness (QED) is 0.619. The number of nitrogens with zero attached hydrogens (tertiary/aromatic N) is 1. The van der Waals surface area contributed by atoms with Gasteiger partial charge in [0.25, 0.3) is 5.69 Å². The predicted molar refractivity (Wildman–Crippen MR) is 62.9 cm³/mol. The number of carboxylic acids is 1. The molecule has 1 saturated carbocycles. The van der Waals surface area contributed by atoms with Crippen molar-refractivity contribution >= 4 is 11.7 Å². The molecule has 0 aromatic heterocycles. The molecule has 0 unspecified atom stereocenters. The maximum Gasteiger partial charge on any atom is 0.339 e. The second-order valence-electron chi connectivity index (χ2n) is 4.32. The number of aromatic carboxylic acids is 1. The largest absolute Gasteiger partial charge is 0.493 e. The van der Waals surface area contributed by atoms with Crippen molar-refractivity contribution in [3.05, 3.63) is 33.9 Å². The zero-order valence-electron chi connectivity index (χ0n) is 9.67. The lowest BCUT2D eigenvalue weighted by molar-refractivity contribution is -0.384. The normalized spacial score (nSPS) is 14.2. The zero-order valence-corrected chi connectivity index (χ0v) is 9.67. The van der Waals surface area contributed by atoms with E-state index in [1.165, 1.54) is 25.0 Å². The Morgan fingerprint density at radius 3 is 2.78 bits per heavy atom. The first kappa shape index (κ1) is 12.3. The second kappa shape index (κ2) is 5.03. The van der Waals surface area contributed by atoms with Gasteiger partial charge >= 0.3 is 5.97 Å². The van der Waals surface area contributed by atoms with Crippen LogP contribution in [0.2, 0.25) is 0 Å². The molecule has 0 atom stereocenters. The Labute approximate surface area is 103 Å². The number of nitro benzene ring substituents is 1. The van der Waals surface area contributed by atoms with Crippen LogP contribution in [0, 0.1) is 16.0 Å². The fraction of sp³-hybridized carbons (Fsp3) is 0.417. The number of benzene rings is 1. The molecule has 96 valence electrons. The molecule has 1 aromatic carbocycles. The minimum absolute atomic E-state index is 0.167. The van der Waals surface area contributed by atoms with Crippen LogP contribution in [-0.2, 0) is 0 Å². The first-order chi connectivity index (χ1) is 8.58. The van der Waals surface area contributed by atoms with Crippen LogP contribution >= 0.6 is 0 Å². The molecule has 1 aromatic rings. The topological polar surface area (TPSA) is 89.7 Å². The summed E-state index contributed by atoms with van der Waals surface area (Å²) in [6.45, 7) is 0.447. The van der Waals surface area contributed by atoms with Crippen molar-refractivity contribution in [2.75, 3.05) is 6.61 Å². The molecule has 6 nitrogen and oxygen atoms in total. The Kier molecular flexibility index (Phi) is 3.45. The lowest BCUT2D eigenvalue weighted by atomic mass is 10.2. The number of carbonyl (C=O) groups is 1. The Bertz CT molecular complexity index is 481. The molecular formula is C12H13NO5. The monoisotopic (exact) mass is 251 g/mol. The lowest BCUT2D eigenvalue weighted by Gasteiger charge is -2.08. The molecule has 18 heavy (non-hydrogen) atoms. The maximum absolute atomic E-state index is 11.0. The smallest absolute Gasteiger partial charge is 0.339 e. The Morgan fingerprint density at radius 1 is 1.50 bits per heavy atom. The van der Waals surface area contributed by atoms with Gasteiger partial charge in [-0.3, -0.25) is 10.1 Å². The van der Waals surface area contributed by atoms with E-state index in [4.69, 9.17) is 9.84 Å². The van der Waals surface area contributed by atoms with Gasteiger partial charge in [0.05, 0.1) is 11.5 Å². The fourth-order valence-corrected chi connectivity index (χ4v) is 1.67. The highest BCUT2D eigenvalue weighted by molar-refractivity contribution is 5.91. The molecule has 0 saturated heterocycles. The van der Waals surface area contributed by atoms with E-state index in [-0.39, 0.29) is 17.0 Å². The second-order valence-corrected chi connectivity index (χ2v) is 4.32. The van der Waals surface area contributed by atoms with E-state index < -0.39 is 10.9 Å². The fourth-order valence-electron chi connectivity index (χ4n) is 1.67. The number of rotatable bonds is 6. The molecule has 0 spiro atoms. The third-order valence-corrected chi connectivity index (χ3v) is 2.88. The molecule has 0 radical (unpaired) electrons. The van der Waals surface area contributed by atoms with Crippen molar-refractivity contribution in [1.82, 2.24) is 0 Å². The minimum atomic E-state index is -1.22. The predicted octanol–water partition coefficient (Wildman–Crippen LogP) is 2.47. The van der Waals surface area contributed by atoms with Crippen LogP contribution in [0.1, 0.15) is 29.6 Å². The standard InChI is InChI=1S/C12H13NO5/c14-12(15)10-7-9(13(16)17)3-4-11(10)18-6-5-8-1-2-8/h3-4,7-8H,1-2,5-6H2,(H,14,15). The minimum Gasteiger partial charge on any atom is -0.493 e. The van der Waals surface area contributed by atoms with Gasteiger partial charge in [0.15, 0.2) is 0 Å². The SMILES string of the molecule is O=C(O)c1cc([N+](=O)[O-])ccc1OCCC1CC1. The average molecular weight is 251 g/mol. The van der Waals surface area contributed by atoms with Crippen LogP contribution < -0.4 is 4.74 Å². The van der Waals surface area contributed by atoms with E-state index in [9.17, 15) is 14.9 Å². The van der Waals surface area contributed by atoms with Crippen LogP contribution in [0.15, 0.2) is 18.2 Å². The summed E-state index contributed by atoms with van der Waals surface area (Å²) in [6, 6.07) is 3.61. The van der Waals surface area contributed by atoms with Crippen LogP contribution in [-0.4, -0.2) is 22.6 Å². The van der Waals surface area contributed by atoms with Gasteiger partial charge in [-0.05, 0) is 18.4 Å². The van der Waals surface area contributed by atoms with Crippen molar-refractivity contribution in [2.45, 2.75) is 19.3 Å². The average Bonchev–Trinajstić information content (AvgIpc) is 3.13. The molecular weight excluding hydrogens is 238 g/mol. The Hall–Kier alpha value is -2.11. The molecule has 1 aliphatic rings. The van der Waals surface area contributed by atoms with Crippen LogP contribution in [0.25, 0.3) is 0 Å². The van der Waals surface area contributed by atoms with E-state index in [1.807, 2.05) is 0 Å². The highest BCUT2D eigenvalue weighted by Crippen LogP contribution is 2.32. The van der Waals surface area contributed by atoms with Gasteiger partial charge in [-0.15, -0.1) is 0 Å². The molecule has 6 heteroatoms. The zero-order chi connectivity index (χ0) is 13.1. The van der Waals surface area contributed by atoms with Gasteiger partial charge in [0.2, 0.25) is 0 Å². The summed E-state index contributed by atoms with van der Waals surface area (Å²) in [4.78, 5) is 20.9. The Balaban J connectivity index is 2.11. The molecule has 0 bridgehead atoms. The first-order valence-electron chi connectivity index (χ1n) is 5.72. The van der Waals surface area contributed by atoms with E-state index in [2.05, 4.69) is 0 Å². The molecule has 1 fully saturated rings. The molecule has 1 aliphatic carbocycles. The van der Waals surface area contributed by atoms with Crippen molar-refractivity contribution in [1.29, 1.82) is 0 Å². The van der Waals surface area contributed by atoms with E-state index in [0.717, 1.165) is 12.5 Å². The van der Waals surface area contributed by atoms with Gasteiger partial charge in [-0.2, -0.15) is 0 Å². The molecule has 2 rings (SSSR count). The summed E-state index contributed by atoms with van der Waals surface area (Å²) >= 11 is 0. The number of hydrogen-bond donors (Lipinski definition) is 1.